The summed E-state index contributed by atoms with van der Waals surface area (Å²) < 4.78 is 15.9. The molecular formula is C15H18N4O5S. The third-order valence-corrected chi connectivity index (χ3v) is 3.74. The number of carbonyl (C=O) groups excluding carboxylic acids is 2. The van der Waals surface area contributed by atoms with Crippen LogP contribution < -0.4 is 20.1 Å². The molecule has 0 aliphatic heterocycles. The Morgan fingerprint density at radius 2 is 1.84 bits per heavy atom. The van der Waals surface area contributed by atoms with Crippen LogP contribution in [0.3, 0.4) is 0 Å². The molecular weight excluding hydrogens is 348 g/mol. The molecule has 0 saturated carbocycles. The largest absolute Gasteiger partial charge is 0.497 e. The van der Waals surface area contributed by atoms with Crippen molar-refractivity contribution in [3.05, 3.63) is 18.2 Å². The lowest BCUT2D eigenvalue weighted by molar-refractivity contribution is -0.117. The first-order valence-electron chi connectivity index (χ1n) is 7.33. The fourth-order valence-corrected chi connectivity index (χ4v) is 2.37. The van der Waals surface area contributed by atoms with E-state index in [-0.39, 0.29) is 16.9 Å². The molecule has 0 saturated heterocycles. The van der Waals surface area contributed by atoms with E-state index in [0.717, 1.165) is 11.8 Å². The number of hydrogen-bond acceptors (Lipinski definition) is 8. The molecule has 0 atom stereocenters. The van der Waals surface area contributed by atoms with Crippen LogP contribution in [0.15, 0.2) is 27.8 Å². The summed E-state index contributed by atoms with van der Waals surface area (Å²) in [4.78, 5) is 22.9. The summed E-state index contributed by atoms with van der Waals surface area (Å²) >= 11 is 1.03. The fraction of sp³-hybridized carbons (Fsp3) is 0.333. The average molecular weight is 366 g/mol. The van der Waals surface area contributed by atoms with E-state index in [0.29, 0.717) is 23.6 Å². The van der Waals surface area contributed by atoms with Gasteiger partial charge in [-0.15, -0.1) is 10.2 Å². The smallest absolute Gasteiger partial charge is 0.321 e. The highest BCUT2D eigenvalue weighted by Gasteiger charge is 2.14. The van der Waals surface area contributed by atoms with Crippen LogP contribution in [-0.4, -0.2) is 48.7 Å². The second kappa shape index (κ2) is 8.92. The summed E-state index contributed by atoms with van der Waals surface area (Å²) in [6.45, 7) is 2.19. The van der Waals surface area contributed by atoms with E-state index >= 15 is 0 Å². The number of nitrogens with zero attached hydrogens (tertiary/aromatic N) is 2. The Hall–Kier alpha value is -2.75. The number of ether oxygens (including phenoxy) is 2. The van der Waals surface area contributed by atoms with Gasteiger partial charge >= 0.3 is 6.03 Å². The van der Waals surface area contributed by atoms with Gasteiger partial charge in [-0.25, -0.2) is 4.79 Å². The third-order valence-electron chi connectivity index (χ3n) is 2.92. The van der Waals surface area contributed by atoms with Gasteiger partial charge in [-0.1, -0.05) is 11.8 Å². The van der Waals surface area contributed by atoms with Crippen LogP contribution in [0.4, 0.5) is 4.79 Å². The number of urea groups is 1. The van der Waals surface area contributed by atoms with E-state index in [9.17, 15) is 9.59 Å². The molecule has 25 heavy (non-hydrogen) atoms. The molecule has 1 heterocycles. The van der Waals surface area contributed by atoms with Gasteiger partial charge in [-0.05, 0) is 19.1 Å². The van der Waals surface area contributed by atoms with Gasteiger partial charge in [0.15, 0.2) is 0 Å². The minimum Gasteiger partial charge on any atom is -0.497 e. The van der Waals surface area contributed by atoms with Crippen LogP contribution in [0, 0.1) is 0 Å². The van der Waals surface area contributed by atoms with Crippen LogP contribution in [0.25, 0.3) is 11.5 Å². The Bertz CT molecular complexity index is 727. The molecule has 1 aromatic heterocycles. The van der Waals surface area contributed by atoms with E-state index in [4.69, 9.17) is 13.9 Å². The normalized spacial score (nSPS) is 10.2. The van der Waals surface area contributed by atoms with E-state index in [1.165, 1.54) is 0 Å². The molecule has 2 rings (SSSR count). The number of aromatic nitrogens is 2. The van der Waals surface area contributed by atoms with E-state index in [1.54, 1.807) is 39.3 Å². The maximum Gasteiger partial charge on any atom is 0.321 e. The quantitative estimate of drug-likeness (QED) is 0.711. The first kappa shape index (κ1) is 18.6. The minimum absolute atomic E-state index is 0.0276. The maximum absolute atomic E-state index is 11.6. The van der Waals surface area contributed by atoms with Crippen LogP contribution in [0.1, 0.15) is 6.92 Å². The lowest BCUT2D eigenvalue weighted by Crippen LogP contribution is -2.40. The Balaban J connectivity index is 2.00. The number of benzene rings is 1. The minimum atomic E-state index is -0.539. The van der Waals surface area contributed by atoms with E-state index in [2.05, 4.69) is 20.8 Å². The van der Waals surface area contributed by atoms with Crippen molar-refractivity contribution in [2.24, 2.45) is 0 Å². The van der Waals surface area contributed by atoms with Crippen LogP contribution >= 0.6 is 11.8 Å². The molecule has 0 radical (unpaired) electrons. The molecule has 10 heteroatoms. The fourth-order valence-electron chi connectivity index (χ4n) is 1.81. The number of methoxy groups -OCH3 is 2. The van der Waals surface area contributed by atoms with Gasteiger partial charge in [0.25, 0.3) is 5.22 Å². The molecule has 2 aromatic rings. The van der Waals surface area contributed by atoms with Gasteiger partial charge in [0.05, 0.1) is 20.0 Å². The van der Waals surface area contributed by atoms with Crippen molar-refractivity contribution < 1.29 is 23.5 Å². The number of rotatable bonds is 7. The summed E-state index contributed by atoms with van der Waals surface area (Å²) in [5, 5.41) is 12.7. The van der Waals surface area contributed by atoms with E-state index in [1.807, 2.05) is 0 Å². The van der Waals surface area contributed by atoms with Crippen molar-refractivity contribution in [3.8, 4) is 23.0 Å². The van der Waals surface area contributed by atoms with Crippen molar-refractivity contribution in [1.29, 1.82) is 0 Å². The molecule has 0 fully saturated rings. The van der Waals surface area contributed by atoms with Crippen molar-refractivity contribution in [2.75, 3.05) is 26.5 Å². The van der Waals surface area contributed by atoms with Gasteiger partial charge in [0.2, 0.25) is 11.8 Å². The van der Waals surface area contributed by atoms with Crippen LogP contribution in [0.2, 0.25) is 0 Å². The zero-order valence-corrected chi connectivity index (χ0v) is 14.8. The highest BCUT2D eigenvalue weighted by atomic mass is 32.2. The predicted octanol–water partition coefficient (Wildman–Crippen LogP) is 1.69. The number of imide groups is 1. The Morgan fingerprint density at radius 1 is 1.16 bits per heavy atom. The van der Waals surface area contributed by atoms with Crippen LogP contribution in [0.5, 0.6) is 11.5 Å². The van der Waals surface area contributed by atoms with Gasteiger partial charge in [0.1, 0.15) is 11.5 Å². The topological polar surface area (TPSA) is 116 Å². The van der Waals surface area contributed by atoms with Crippen molar-refractivity contribution in [2.45, 2.75) is 12.1 Å². The van der Waals surface area contributed by atoms with Crippen LogP contribution in [-0.2, 0) is 4.79 Å². The standard InChI is InChI=1S/C15H18N4O5S/c1-4-16-14(21)17-12(20)8-25-15-19-18-13(24-15)9-5-10(22-2)7-11(6-9)23-3/h5-7H,4,8H2,1-3H3,(H2,16,17,20,21). The van der Waals surface area contributed by atoms with Gasteiger partial charge in [-0.2, -0.15) is 0 Å². The van der Waals surface area contributed by atoms with Gasteiger partial charge in [-0.3, -0.25) is 10.1 Å². The second-order valence-corrected chi connectivity index (χ2v) is 5.60. The third kappa shape index (κ3) is 5.38. The molecule has 0 spiro atoms. The zero-order valence-electron chi connectivity index (χ0n) is 14.0. The molecule has 0 aliphatic rings. The molecule has 9 nitrogen and oxygen atoms in total. The highest BCUT2D eigenvalue weighted by Crippen LogP contribution is 2.30. The zero-order chi connectivity index (χ0) is 18.2. The number of thioether (sulfide) groups is 1. The Kier molecular flexibility index (Phi) is 6.63. The van der Waals surface area contributed by atoms with Gasteiger partial charge < -0.3 is 19.2 Å². The summed E-state index contributed by atoms with van der Waals surface area (Å²) in [5.41, 5.74) is 0.627. The molecule has 0 aliphatic carbocycles. The van der Waals surface area contributed by atoms with Crippen molar-refractivity contribution >= 4 is 23.7 Å². The summed E-state index contributed by atoms with van der Waals surface area (Å²) in [5.74, 6) is 0.953. The average Bonchev–Trinajstić information content (AvgIpc) is 3.08. The SMILES string of the molecule is CCNC(=O)NC(=O)CSc1nnc(-c2cc(OC)cc(OC)c2)o1. The van der Waals surface area contributed by atoms with E-state index < -0.39 is 11.9 Å². The maximum atomic E-state index is 11.6. The number of hydrogen-bond donors (Lipinski definition) is 2. The first-order chi connectivity index (χ1) is 12.0. The molecule has 0 unspecified atom stereocenters. The monoisotopic (exact) mass is 366 g/mol. The van der Waals surface area contributed by atoms with Gasteiger partial charge in [0, 0.05) is 18.2 Å². The van der Waals surface area contributed by atoms with Crippen molar-refractivity contribution in [1.82, 2.24) is 20.8 Å². The number of carbonyl (C=O) groups is 2. The molecule has 2 N–H and O–H groups in total. The first-order valence-corrected chi connectivity index (χ1v) is 8.31. The van der Waals surface area contributed by atoms with Crippen molar-refractivity contribution in [3.63, 3.8) is 0 Å². The summed E-state index contributed by atoms with van der Waals surface area (Å²) in [6, 6.07) is 4.64. The number of nitrogens with one attached hydrogen (secondary N) is 2. The molecule has 0 bridgehead atoms. The number of amides is 3. The highest BCUT2D eigenvalue weighted by molar-refractivity contribution is 7.99. The molecule has 134 valence electrons. The predicted molar refractivity (Wildman–Crippen MR) is 90.8 cm³/mol. The molecule has 3 amide bonds. The molecule has 1 aromatic carbocycles. The summed E-state index contributed by atoms with van der Waals surface area (Å²) in [7, 11) is 3.09. The summed E-state index contributed by atoms with van der Waals surface area (Å²) in [6.07, 6.45) is 0. The lowest BCUT2D eigenvalue weighted by Gasteiger charge is -2.05. The Morgan fingerprint density at radius 3 is 2.44 bits per heavy atom. The lowest BCUT2D eigenvalue weighted by atomic mass is 10.2. The Labute approximate surface area is 148 Å². The second-order valence-electron chi connectivity index (χ2n) is 4.67.